The molecule has 0 bridgehead atoms. The molecule has 0 aliphatic carbocycles. The van der Waals surface area contributed by atoms with Crippen LogP contribution >= 0.6 is 0 Å². The number of tetrazole rings is 1. The number of rotatable bonds is 7. The van der Waals surface area contributed by atoms with Crippen LogP contribution in [0.5, 0.6) is 0 Å². The number of aromatic nitrogens is 5. The van der Waals surface area contributed by atoms with Crippen molar-refractivity contribution in [3.8, 4) is 11.5 Å². The Morgan fingerprint density at radius 1 is 1.08 bits per heavy atom. The summed E-state index contributed by atoms with van der Waals surface area (Å²) in [7, 11) is 0. The normalized spacial score (nSPS) is 13.4. The molecule has 0 amide bonds. The van der Waals surface area contributed by atoms with Crippen LogP contribution in [0.15, 0.2) is 82.3 Å². The van der Waals surface area contributed by atoms with E-state index in [0.717, 1.165) is 23.8 Å². The standard InChI is InChI=1S/C26H21F3N6O2/c1-2-17(15-7-4-3-5-8-15)22(31-20-9-6-12-30-23(20)25-32-34-35-33-25)19-14-37-21-11-10-16(26(27,28)29)13-18(21)24(19)36/h3-14,17,22,31H,2H2,1H3,(H,32,33,34,35). The van der Waals surface area contributed by atoms with Crippen LogP contribution in [0.25, 0.3) is 22.5 Å². The molecule has 5 rings (SSSR count). The van der Waals surface area contributed by atoms with Gasteiger partial charge >= 0.3 is 6.18 Å². The Morgan fingerprint density at radius 2 is 1.89 bits per heavy atom. The molecule has 5 aromatic rings. The van der Waals surface area contributed by atoms with Crippen molar-refractivity contribution in [3.05, 3.63) is 100 Å². The fourth-order valence-electron chi connectivity index (χ4n) is 4.43. The fourth-order valence-corrected chi connectivity index (χ4v) is 4.43. The van der Waals surface area contributed by atoms with Gasteiger partial charge in [-0.3, -0.25) is 9.78 Å². The molecule has 0 aliphatic heterocycles. The number of hydrogen-bond donors (Lipinski definition) is 2. The first kappa shape index (κ1) is 24.2. The van der Waals surface area contributed by atoms with Crippen molar-refractivity contribution < 1.29 is 17.6 Å². The van der Waals surface area contributed by atoms with E-state index >= 15 is 0 Å². The van der Waals surface area contributed by atoms with Gasteiger partial charge in [0.15, 0.2) is 5.43 Å². The van der Waals surface area contributed by atoms with Crippen LogP contribution in [0.3, 0.4) is 0 Å². The Balaban J connectivity index is 1.68. The summed E-state index contributed by atoms with van der Waals surface area (Å²) in [5.41, 5.74) is 0.643. The number of benzene rings is 2. The quantitative estimate of drug-likeness (QED) is 0.290. The van der Waals surface area contributed by atoms with Crippen molar-refractivity contribution in [2.45, 2.75) is 31.5 Å². The van der Waals surface area contributed by atoms with Crippen LogP contribution in [0.1, 0.15) is 42.0 Å². The Kier molecular flexibility index (Phi) is 6.43. The molecule has 0 spiro atoms. The van der Waals surface area contributed by atoms with Gasteiger partial charge in [0, 0.05) is 12.1 Å². The van der Waals surface area contributed by atoms with Gasteiger partial charge in [0.05, 0.1) is 28.2 Å². The summed E-state index contributed by atoms with van der Waals surface area (Å²) in [4.78, 5) is 18.0. The lowest BCUT2D eigenvalue weighted by Crippen LogP contribution is -2.26. The van der Waals surface area contributed by atoms with Crippen LogP contribution in [-0.2, 0) is 6.18 Å². The van der Waals surface area contributed by atoms with Gasteiger partial charge in [0.1, 0.15) is 17.5 Å². The monoisotopic (exact) mass is 506 g/mol. The largest absolute Gasteiger partial charge is 0.464 e. The van der Waals surface area contributed by atoms with Crippen molar-refractivity contribution in [2.24, 2.45) is 0 Å². The van der Waals surface area contributed by atoms with Crippen LogP contribution < -0.4 is 10.7 Å². The van der Waals surface area contributed by atoms with Gasteiger partial charge in [-0.25, -0.2) is 0 Å². The predicted molar refractivity (Wildman–Crippen MR) is 131 cm³/mol. The van der Waals surface area contributed by atoms with Crippen molar-refractivity contribution in [2.75, 3.05) is 5.32 Å². The van der Waals surface area contributed by atoms with Crippen LogP contribution in [0, 0.1) is 0 Å². The number of aromatic amines is 1. The van der Waals surface area contributed by atoms with E-state index in [0.29, 0.717) is 17.8 Å². The Bertz CT molecular complexity index is 1570. The number of nitrogens with one attached hydrogen (secondary N) is 2. The first-order valence-corrected chi connectivity index (χ1v) is 11.5. The highest BCUT2D eigenvalue weighted by Gasteiger charge is 2.32. The molecule has 2 N–H and O–H groups in total. The molecule has 0 saturated heterocycles. The predicted octanol–water partition coefficient (Wildman–Crippen LogP) is 5.73. The highest BCUT2D eigenvalue weighted by Crippen LogP contribution is 2.38. The number of nitrogens with zero attached hydrogens (tertiary/aromatic N) is 4. The second kappa shape index (κ2) is 9.84. The zero-order chi connectivity index (χ0) is 26.0. The summed E-state index contributed by atoms with van der Waals surface area (Å²) >= 11 is 0. The van der Waals surface area contributed by atoms with Gasteiger partial charge in [-0.2, -0.15) is 18.4 Å². The number of anilines is 1. The second-order valence-corrected chi connectivity index (χ2v) is 8.41. The van der Waals surface area contributed by atoms with Crippen LogP contribution in [0.4, 0.5) is 18.9 Å². The molecule has 0 radical (unpaired) electrons. The molecule has 0 fully saturated rings. The molecule has 37 heavy (non-hydrogen) atoms. The minimum atomic E-state index is -4.60. The van der Waals surface area contributed by atoms with E-state index < -0.39 is 23.2 Å². The third kappa shape index (κ3) is 4.80. The van der Waals surface area contributed by atoms with Crippen molar-refractivity contribution in [1.29, 1.82) is 0 Å². The third-order valence-electron chi connectivity index (χ3n) is 6.21. The van der Waals surface area contributed by atoms with Gasteiger partial charge in [-0.1, -0.05) is 37.3 Å². The molecule has 0 saturated carbocycles. The minimum absolute atomic E-state index is 0.0714. The zero-order valence-corrected chi connectivity index (χ0v) is 19.5. The van der Waals surface area contributed by atoms with Gasteiger partial charge in [0.2, 0.25) is 5.82 Å². The lowest BCUT2D eigenvalue weighted by atomic mass is 9.85. The molecule has 0 aliphatic rings. The van der Waals surface area contributed by atoms with Gasteiger partial charge in [0.25, 0.3) is 0 Å². The number of halogens is 3. The van der Waals surface area contributed by atoms with E-state index in [-0.39, 0.29) is 28.3 Å². The first-order valence-electron chi connectivity index (χ1n) is 11.5. The SMILES string of the molecule is CCC(c1ccccc1)C(Nc1cccnc1-c1nn[nH]n1)c1coc2ccc(C(F)(F)F)cc2c1=O. The molecule has 2 unspecified atom stereocenters. The van der Waals surface area contributed by atoms with Gasteiger partial charge < -0.3 is 9.73 Å². The number of H-pyrrole nitrogens is 1. The van der Waals surface area contributed by atoms with Crippen LogP contribution in [0.2, 0.25) is 0 Å². The van der Waals surface area contributed by atoms with Gasteiger partial charge in [-0.15, -0.1) is 10.2 Å². The minimum Gasteiger partial charge on any atom is -0.464 e. The maximum atomic E-state index is 13.7. The van der Waals surface area contributed by atoms with Gasteiger partial charge in [-0.05, 0) is 47.5 Å². The molecular weight excluding hydrogens is 485 g/mol. The Labute approximate surface area is 208 Å². The number of pyridine rings is 1. The molecule has 3 aromatic heterocycles. The Hall–Kier alpha value is -4.54. The third-order valence-corrected chi connectivity index (χ3v) is 6.21. The smallest absolute Gasteiger partial charge is 0.416 e. The highest BCUT2D eigenvalue weighted by molar-refractivity contribution is 5.78. The fraction of sp³-hybridized carbons (Fsp3) is 0.192. The van der Waals surface area contributed by atoms with E-state index in [1.807, 2.05) is 37.3 Å². The summed E-state index contributed by atoms with van der Waals surface area (Å²) < 4.78 is 45.9. The molecule has 3 heterocycles. The maximum absolute atomic E-state index is 13.7. The molecule has 2 atom stereocenters. The lowest BCUT2D eigenvalue weighted by Gasteiger charge is -2.29. The van der Waals surface area contributed by atoms with E-state index in [4.69, 9.17) is 4.42 Å². The van der Waals surface area contributed by atoms with Crippen LogP contribution in [-0.4, -0.2) is 25.6 Å². The molecule has 2 aromatic carbocycles. The zero-order valence-electron chi connectivity index (χ0n) is 19.5. The topological polar surface area (TPSA) is 110 Å². The average molecular weight is 506 g/mol. The van der Waals surface area contributed by atoms with E-state index in [9.17, 15) is 18.0 Å². The van der Waals surface area contributed by atoms with E-state index in [2.05, 4.69) is 30.9 Å². The Morgan fingerprint density at radius 3 is 2.59 bits per heavy atom. The highest BCUT2D eigenvalue weighted by atomic mass is 19.4. The summed E-state index contributed by atoms with van der Waals surface area (Å²) in [5.74, 6) is 0.000600. The average Bonchev–Trinajstić information content (AvgIpc) is 3.44. The molecule has 188 valence electrons. The number of alkyl halides is 3. The van der Waals surface area contributed by atoms with Crippen molar-refractivity contribution in [1.82, 2.24) is 25.6 Å². The summed E-state index contributed by atoms with van der Waals surface area (Å²) in [5, 5.41) is 17.2. The molecule has 11 heteroatoms. The van der Waals surface area contributed by atoms with Crippen molar-refractivity contribution in [3.63, 3.8) is 0 Å². The van der Waals surface area contributed by atoms with E-state index in [1.165, 1.54) is 6.26 Å². The summed E-state index contributed by atoms with van der Waals surface area (Å²) in [6.07, 6.45) is -1.10. The number of hydrogen-bond acceptors (Lipinski definition) is 7. The summed E-state index contributed by atoms with van der Waals surface area (Å²) in [6.45, 7) is 1.97. The second-order valence-electron chi connectivity index (χ2n) is 8.41. The maximum Gasteiger partial charge on any atom is 0.416 e. The number of fused-ring (bicyclic) bond motifs is 1. The molecular formula is C26H21F3N6O2. The van der Waals surface area contributed by atoms with Crippen molar-refractivity contribution >= 4 is 16.7 Å². The lowest BCUT2D eigenvalue weighted by molar-refractivity contribution is -0.137. The van der Waals surface area contributed by atoms with E-state index in [1.54, 1.807) is 18.3 Å². The molecule has 8 nitrogen and oxygen atoms in total. The first-order chi connectivity index (χ1) is 17.9. The summed E-state index contributed by atoms with van der Waals surface area (Å²) in [6, 6.07) is 15.2.